The van der Waals surface area contributed by atoms with E-state index >= 15 is 0 Å². The third kappa shape index (κ3) is 4.27. The lowest BCUT2D eigenvalue weighted by Gasteiger charge is -2.07. The van der Waals surface area contributed by atoms with Crippen LogP contribution in [0.5, 0.6) is 5.75 Å². The number of carbonyl (C=O) groups is 1. The lowest BCUT2D eigenvalue weighted by Crippen LogP contribution is -2.24. The summed E-state index contributed by atoms with van der Waals surface area (Å²) in [7, 11) is 1.57. The van der Waals surface area contributed by atoms with E-state index in [4.69, 9.17) is 4.74 Å². The third-order valence-corrected chi connectivity index (χ3v) is 4.15. The highest BCUT2D eigenvalue weighted by molar-refractivity contribution is 5.81. The Kier molecular flexibility index (Phi) is 5.31. The molecule has 2 N–H and O–H groups in total. The van der Waals surface area contributed by atoms with Crippen LogP contribution in [0, 0.1) is 5.82 Å². The second kappa shape index (κ2) is 7.82. The summed E-state index contributed by atoms with van der Waals surface area (Å²) < 4.78 is 18.0. The molecule has 0 spiro atoms. The number of halogens is 1. The van der Waals surface area contributed by atoms with Gasteiger partial charge in [-0.15, -0.1) is 0 Å². The Labute approximate surface area is 149 Å². The van der Waals surface area contributed by atoms with Gasteiger partial charge in [0.25, 0.3) is 5.56 Å². The van der Waals surface area contributed by atoms with Crippen molar-refractivity contribution in [3.8, 4) is 5.75 Å². The summed E-state index contributed by atoms with van der Waals surface area (Å²) >= 11 is 0. The van der Waals surface area contributed by atoms with Crippen molar-refractivity contribution in [2.24, 2.45) is 0 Å². The Balaban J connectivity index is 1.61. The number of aryl methyl sites for hydroxylation is 1. The summed E-state index contributed by atoms with van der Waals surface area (Å²) in [5.74, 6) is 0.192. The number of ether oxygens (including phenoxy) is 1. The molecule has 0 aliphatic rings. The molecule has 3 aromatic rings. The number of methoxy groups -OCH3 is 1. The molecule has 0 fully saturated rings. The maximum absolute atomic E-state index is 12.9. The molecule has 0 atom stereocenters. The van der Waals surface area contributed by atoms with Crippen molar-refractivity contribution in [3.63, 3.8) is 0 Å². The summed E-state index contributed by atoms with van der Waals surface area (Å²) in [6.45, 7) is 0.326. The predicted molar refractivity (Wildman–Crippen MR) is 97.7 cm³/mol. The van der Waals surface area contributed by atoms with Gasteiger partial charge in [0.15, 0.2) is 0 Å². The van der Waals surface area contributed by atoms with Gasteiger partial charge in [-0.2, -0.15) is 0 Å². The molecular weight excluding hydrogens is 335 g/mol. The topological polar surface area (TPSA) is 71.2 Å². The molecule has 134 valence electrons. The highest BCUT2D eigenvalue weighted by atomic mass is 19.1. The number of pyridine rings is 1. The molecule has 0 aliphatic carbocycles. The van der Waals surface area contributed by atoms with Crippen LogP contribution in [0.3, 0.4) is 0 Å². The van der Waals surface area contributed by atoms with Crippen molar-refractivity contribution in [2.45, 2.75) is 19.4 Å². The number of hydrogen-bond acceptors (Lipinski definition) is 3. The number of fused-ring (bicyclic) bond motifs is 1. The van der Waals surface area contributed by atoms with Crippen LogP contribution in [0.1, 0.15) is 17.5 Å². The molecule has 0 saturated heterocycles. The first kappa shape index (κ1) is 17.7. The van der Waals surface area contributed by atoms with Crippen molar-refractivity contribution in [1.29, 1.82) is 0 Å². The third-order valence-electron chi connectivity index (χ3n) is 4.15. The summed E-state index contributed by atoms with van der Waals surface area (Å²) in [6, 6.07) is 13.2. The van der Waals surface area contributed by atoms with Gasteiger partial charge in [0.1, 0.15) is 11.6 Å². The normalized spacial score (nSPS) is 10.7. The molecule has 0 aliphatic heterocycles. The van der Waals surface area contributed by atoms with Crippen LogP contribution in [0.4, 0.5) is 4.39 Å². The highest BCUT2D eigenvalue weighted by Crippen LogP contribution is 2.18. The SMILES string of the molecule is COc1ccc2cc(CCC(=O)NCc3ccc(F)cc3)c(=O)[nH]c2c1. The molecule has 1 aromatic heterocycles. The van der Waals surface area contributed by atoms with Crippen LogP contribution in [0.2, 0.25) is 0 Å². The van der Waals surface area contributed by atoms with E-state index in [9.17, 15) is 14.0 Å². The van der Waals surface area contributed by atoms with Gasteiger partial charge in [0.05, 0.1) is 12.6 Å². The van der Waals surface area contributed by atoms with E-state index in [1.54, 1.807) is 31.4 Å². The lowest BCUT2D eigenvalue weighted by atomic mass is 10.1. The second-order valence-corrected chi connectivity index (χ2v) is 5.98. The van der Waals surface area contributed by atoms with Crippen LogP contribution in [-0.2, 0) is 17.8 Å². The summed E-state index contributed by atoms with van der Waals surface area (Å²) in [5.41, 5.74) is 1.85. The number of aromatic nitrogens is 1. The Bertz CT molecular complexity index is 981. The second-order valence-electron chi connectivity index (χ2n) is 5.98. The van der Waals surface area contributed by atoms with E-state index < -0.39 is 0 Å². The number of benzene rings is 2. The molecule has 0 unspecified atom stereocenters. The van der Waals surface area contributed by atoms with Crippen molar-refractivity contribution >= 4 is 16.8 Å². The molecular formula is C20H19FN2O3. The smallest absolute Gasteiger partial charge is 0.251 e. The Morgan fingerprint density at radius 1 is 1.15 bits per heavy atom. The van der Waals surface area contributed by atoms with E-state index in [1.807, 2.05) is 12.1 Å². The van der Waals surface area contributed by atoms with Crippen molar-refractivity contribution < 1.29 is 13.9 Å². The van der Waals surface area contributed by atoms with Crippen LogP contribution < -0.4 is 15.6 Å². The molecule has 1 amide bonds. The van der Waals surface area contributed by atoms with E-state index in [-0.39, 0.29) is 23.7 Å². The zero-order chi connectivity index (χ0) is 18.5. The van der Waals surface area contributed by atoms with Crippen LogP contribution in [0.25, 0.3) is 10.9 Å². The van der Waals surface area contributed by atoms with E-state index in [0.29, 0.717) is 29.8 Å². The van der Waals surface area contributed by atoms with Gasteiger partial charge in [0, 0.05) is 24.6 Å². The summed E-state index contributed by atoms with van der Waals surface area (Å²) in [5, 5.41) is 3.65. The molecule has 1 heterocycles. The molecule has 0 bridgehead atoms. The first-order chi connectivity index (χ1) is 12.5. The fraction of sp³-hybridized carbons (Fsp3) is 0.200. The minimum atomic E-state index is -0.312. The van der Waals surface area contributed by atoms with Crippen molar-refractivity contribution in [2.75, 3.05) is 7.11 Å². The number of hydrogen-bond donors (Lipinski definition) is 2. The number of carbonyl (C=O) groups excluding carboxylic acids is 1. The van der Waals surface area contributed by atoms with Gasteiger partial charge in [0.2, 0.25) is 5.91 Å². The van der Waals surface area contributed by atoms with Gasteiger partial charge in [-0.1, -0.05) is 12.1 Å². The Morgan fingerprint density at radius 2 is 1.92 bits per heavy atom. The molecule has 26 heavy (non-hydrogen) atoms. The number of nitrogens with one attached hydrogen (secondary N) is 2. The molecule has 2 aromatic carbocycles. The quantitative estimate of drug-likeness (QED) is 0.715. The average Bonchev–Trinajstić information content (AvgIpc) is 2.65. The Morgan fingerprint density at radius 3 is 2.65 bits per heavy atom. The largest absolute Gasteiger partial charge is 0.497 e. The van der Waals surface area contributed by atoms with E-state index in [2.05, 4.69) is 10.3 Å². The van der Waals surface area contributed by atoms with Crippen LogP contribution in [-0.4, -0.2) is 18.0 Å². The number of rotatable bonds is 6. The molecule has 5 nitrogen and oxygen atoms in total. The molecule has 0 radical (unpaired) electrons. The maximum atomic E-state index is 12.9. The predicted octanol–water partition coefficient (Wildman–Crippen LogP) is 2.92. The van der Waals surface area contributed by atoms with Gasteiger partial charge >= 0.3 is 0 Å². The monoisotopic (exact) mass is 354 g/mol. The molecule has 3 rings (SSSR count). The maximum Gasteiger partial charge on any atom is 0.251 e. The zero-order valence-electron chi connectivity index (χ0n) is 14.3. The highest BCUT2D eigenvalue weighted by Gasteiger charge is 2.08. The fourth-order valence-electron chi connectivity index (χ4n) is 2.68. The van der Waals surface area contributed by atoms with Crippen molar-refractivity contribution in [3.05, 3.63) is 75.8 Å². The minimum Gasteiger partial charge on any atom is -0.497 e. The van der Waals surface area contributed by atoms with Crippen molar-refractivity contribution in [1.82, 2.24) is 10.3 Å². The standard InChI is InChI=1S/C20H19FN2O3/c1-26-17-8-4-14-10-15(20(25)23-18(14)11-17)5-9-19(24)22-12-13-2-6-16(21)7-3-13/h2-4,6-8,10-11H,5,9,12H2,1H3,(H,22,24)(H,23,25). The first-order valence-corrected chi connectivity index (χ1v) is 8.26. The number of H-pyrrole nitrogens is 1. The number of amides is 1. The van der Waals surface area contributed by atoms with E-state index in [0.717, 1.165) is 10.9 Å². The van der Waals surface area contributed by atoms with Gasteiger partial charge in [-0.25, -0.2) is 4.39 Å². The zero-order valence-corrected chi connectivity index (χ0v) is 14.3. The molecule has 6 heteroatoms. The van der Waals surface area contributed by atoms with Gasteiger partial charge in [-0.3, -0.25) is 9.59 Å². The molecule has 0 saturated carbocycles. The average molecular weight is 354 g/mol. The fourth-order valence-corrected chi connectivity index (χ4v) is 2.68. The van der Waals surface area contributed by atoms with Crippen LogP contribution >= 0.6 is 0 Å². The van der Waals surface area contributed by atoms with Gasteiger partial charge in [-0.05, 0) is 47.7 Å². The van der Waals surface area contributed by atoms with E-state index in [1.165, 1.54) is 12.1 Å². The number of aromatic amines is 1. The first-order valence-electron chi connectivity index (χ1n) is 8.26. The summed E-state index contributed by atoms with van der Waals surface area (Å²) in [4.78, 5) is 27.0. The van der Waals surface area contributed by atoms with Crippen LogP contribution in [0.15, 0.2) is 53.3 Å². The lowest BCUT2D eigenvalue weighted by molar-refractivity contribution is -0.121. The van der Waals surface area contributed by atoms with Gasteiger partial charge < -0.3 is 15.0 Å². The Hall–Kier alpha value is -3.15. The minimum absolute atomic E-state index is 0.163. The summed E-state index contributed by atoms with van der Waals surface area (Å²) in [6.07, 6.45) is 0.540.